The van der Waals surface area contributed by atoms with Crippen LogP contribution in [-0.2, 0) is 4.79 Å². The minimum absolute atomic E-state index is 0.0583. The van der Waals surface area contributed by atoms with Crippen LogP contribution < -0.4 is 11.2 Å². The molecule has 4 N–H and O–H groups in total. The van der Waals surface area contributed by atoms with E-state index in [0.717, 1.165) is 0 Å². The largest absolute Gasteiger partial charge is 0.342 e. The van der Waals surface area contributed by atoms with Crippen molar-refractivity contribution in [2.75, 3.05) is 18.4 Å². The van der Waals surface area contributed by atoms with Crippen molar-refractivity contribution in [3.8, 4) is 0 Å². The number of carbonyl (C=O) groups is 1. The molecule has 0 aliphatic carbocycles. The van der Waals surface area contributed by atoms with E-state index in [1.54, 1.807) is 0 Å². The van der Waals surface area contributed by atoms with Crippen molar-refractivity contribution in [2.45, 2.75) is 13.8 Å². The lowest BCUT2D eigenvalue weighted by Gasteiger charge is -2.18. The zero-order valence-corrected chi connectivity index (χ0v) is 8.77. The van der Waals surface area contributed by atoms with Gasteiger partial charge in [-0.3, -0.25) is 9.80 Å². The number of hydrogen-bond donors (Lipinski definition) is 3. The molecule has 0 atom stereocenters. The summed E-state index contributed by atoms with van der Waals surface area (Å²) >= 11 is 0. The third-order valence-corrected chi connectivity index (χ3v) is 1.63. The van der Waals surface area contributed by atoms with Crippen LogP contribution in [-0.4, -0.2) is 44.6 Å². The van der Waals surface area contributed by atoms with Gasteiger partial charge in [0.25, 0.3) is 11.9 Å². The maximum absolute atomic E-state index is 11.4. The van der Waals surface area contributed by atoms with Gasteiger partial charge < -0.3 is 5.32 Å². The second-order valence-corrected chi connectivity index (χ2v) is 3.53. The number of amides is 1. The SMILES string of the molecule is CC(C)CN(N)C(=O)CNc1nn[nH]n1. The average molecular weight is 213 g/mol. The molecule has 0 spiro atoms. The van der Waals surface area contributed by atoms with Crippen LogP contribution in [0.3, 0.4) is 0 Å². The van der Waals surface area contributed by atoms with E-state index >= 15 is 0 Å². The molecule has 1 amide bonds. The molecule has 8 heteroatoms. The fraction of sp³-hybridized carbons (Fsp3) is 0.714. The van der Waals surface area contributed by atoms with Gasteiger partial charge >= 0.3 is 0 Å². The summed E-state index contributed by atoms with van der Waals surface area (Å²) in [7, 11) is 0. The molecule has 0 aliphatic heterocycles. The average Bonchev–Trinajstić information content (AvgIpc) is 2.65. The molecule has 1 rings (SSSR count). The number of aromatic nitrogens is 4. The quantitative estimate of drug-likeness (QED) is 0.327. The minimum Gasteiger partial charge on any atom is -0.342 e. The fourth-order valence-electron chi connectivity index (χ4n) is 0.988. The van der Waals surface area contributed by atoms with E-state index in [0.29, 0.717) is 12.5 Å². The highest BCUT2D eigenvalue weighted by atomic mass is 16.2. The van der Waals surface area contributed by atoms with E-state index in [1.165, 1.54) is 5.01 Å². The molecule has 15 heavy (non-hydrogen) atoms. The highest BCUT2D eigenvalue weighted by Gasteiger charge is 2.11. The first-order chi connectivity index (χ1) is 7.09. The predicted molar refractivity (Wildman–Crippen MR) is 53.4 cm³/mol. The van der Waals surface area contributed by atoms with Gasteiger partial charge in [-0.05, 0) is 11.1 Å². The molecule has 0 saturated carbocycles. The molecule has 8 nitrogen and oxygen atoms in total. The van der Waals surface area contributed by atoms with Crippen LogP contribution in [0.5, 0.6) is 0 Å². The Kier molecular flexibility index (Phi) is 3.98. The lowest BCUT2D eigenvalue weighted by molar-refractivity contribution is -0.130. The molecule has 0 aliphatic rings. The number of H-pyrrole nitrogens is 1. The molecular formula is C7H15N7O. The van der Waals surface area contributed by atoms with Gasteiger partial charge in [0, 0.05) is 6.54 Å². The van der Waals surface area contributed by atoms with Crippen molar-refractivity contribution in [2.24, 2.45) is 11.8 Å². The summed E-state index contributed by atoms with van der Waals surface area (Å²) in [5, 5.41) is 16.8. The molecule has 1 aromatic rings. The fourth-order valence-corrected chi connectivity index (χ4v) is 0.988. The molecule has 0 radical (unpaired) electrons. The second kappa shape index (κ2) is 5.25. The number of aromatic amines is 1. The van der Waals surface area contributed by atoms with Crippen molar-refractivity contribution in [3.05, 3.63) is 0 Å². The molecule has 0 aromatic carbocycles. The number of rotatable bonds is 5. The molecule has 1 aromatic heterocycles. The van der Waals surface area contributed by atoms with E-state index in [2.05, 4.69) is 25.9 Å². The molecule has 0 bridgehead atoms. The van der Waals surface area contributed by atoms with Gasteiger partial charge in [0.2, 0.25) is 0 Å². The maximum Gasteiger partial charge on any atom is 0.263 e. The van der Waals surface area contributed by atoms with Crippen molar-refractivity contribution < 1.29 is 4.79 Å². The summed E-state index contributed by atoms with van der Waals surface area (Å²) in [6.07, 6.45) is 0. The van der Waals surface area contributed by atoms with Crippen LogP contribution in [0.4, 0.5) is 5.95 Å². The van der Waals surface area contributed by atoms with Crippen LogP contribution in [0, 0.1) is 5.92 Å². The Morgan fingerprint density at radius 2 is 2.40 bits per heavy atom. The molecule has 0 saturated heterocycles. The van der Waals surface area contributed by atoms with E-state index in [-0.39, 0.29) is 18.4 Å². The van der Waals surface area contributed by atoms with Crippen LogP contribution in [0.2, 0.25) is 0 Å². The third kappa shape index (κ3) is 3.90. The predicted octanol–water partition coefficient (Wildman–Crippen LogP) is -1.03. The number of carbonyl (C=O) groups excluding carboxylic acids is 1. The van der Waals surface area contributed by atoms with Gasteiger partial charge in [0.1, 0.15) is 0 Å². The van der Waals surface area contributed by atoms with Crippen molar-refractivity contribution in [3.63, 3.8) is 0 Å². The van der Waals surface area contributed by atoms with Gasteiger partial charge in [-0.25, -0.2) is 5.84 Å². The van der Waals surface area contributed by atoms with Crippen LogP contribution in [0.1, 0.15) is 13.8 Å². The number of hydrazine groups is 1. The Bertz CT molecular complexity index is 296. The van der Waals surface area contributed by atoms with Crippen LogP contribution in [0.25, 0.3) is 0 Å². The smallest absolute Gasteiger partial charge is 0.263 e. The van der Waals surface area contributed by atoms with Gasteiger partial charge in [-0.1, -0.05) is 18.9 Å². The second-order valence-electron chi connectivity index (χ2n) is 3.53. The Labute approximate surface area is 87.2 Å². The molecule has 0 fully saturated rings. The summed E-state index contributed by atoms with van der Waals surface area (Å²) in [6, 6.07) is 0. The monoisotopic (exact) mass is 213 g/mol. The van der Waals surface area contributed by atoms with Gasteiger partial charge in [-0.15, -0.1) is 5.10 Å². The van der Waals surface area contributed by atoms with Gasteiger partial charge in [0.05, 0.1) is 6.54 Å². The first-order valence-corrected chi connectivity index (χ1v) is 4.62. The van der Waals surface area contributed by atoms with Gasteiger partial charge in [0.15, 0.2) is 0 Å². The van der Waals surface area contributed by atoms with Crippen LogP contribution >= 0.6 is 0 Å². The topological polar surface area (TPSA) is 113 Å². The summed E-state index contributed by atoms with van der Waals surface area (Å²) in [6.45, 7) is 4.55. The zero-order valence-electron chi connectivity index (χ0n) is 8.77. The lowest BCUT2D eigenvalue weighted by atomic mass is 10.2. The maximum atomic E-state index is 11.4. The first kappa shape index (κ1) is 11.4. The zero-order chi connectivity index (χ0) is 11.3. The number of nitrogens with two attached hydrogens (primary N) is 1. The number of hydrogen-bond acceptors (Lipinski definition) is 6. The highest BCUT2D eigenvalue weighted by molar-refractivity contribution is 5.79. The molecular weight excluding hydrogens is 198 g/mol. The number of nitrogens with zero attached hydrogens (tertiary/aromatic N) is 4. The van der Waals surface area contributed by atoms with E-state index in [9.17, 15) is 4.79 Å². The van der Waals surface area contributed by atoms with E-state index in [1.807, 2.05) is 13.8 Å². The van der Waals surface area contributed by atoms with Crippen LogP contribution in [0.15, 0.2) is 0 Å². The Morgan fingerprint density at radius 3 is 2.93 bits per heavy atom. The first-order valence-electron chi connectivity index (χ1n) is 4.62. The molecule has 84 valence electrons. The Hall–Kier alpha value is -1.70. The van der Waals surface area contributed by atoms with Crippen molar-refractivity contribution in [1.29, 1.82) is 0 Å². The van der Waals surface area contributed by atoms with E-state index < -0.39 is 0 Å². The summed E-state index contributed by atoms with van der Waals surface area (Å²) in [5.74, 6) is 5.94. The summed E-state index contributed by atoms with van der Waals surface area (Å²) in [5.41, 5.74) is 0. The number of anilines is 1. The third-order valence-electron chi connectivity index (χ3n) is 1.63. The van der Waals surface area contributed by atoms with Crippen molar-refractivity contribution in [1.82, 2.24) is 25.6 Å². The van der Waals surface area contributed by atoms with Gasteiger partial charge in [-0.2, -0.15) is 5.21 Å². The van der Waals surface area contributed by atoms with E-state index in [4.69, 9.17) is 5.84 Å². The number of tetrazole rings is 1. The Balaban J connectivity index is 2.29. The lowest BCUT2D eigenvalue weighted by Crippen LogP contribution is -2.43. The normalized spacial score (nSPS) is 10.4. The number of nitrogens with one attached hydrogen (secondary N) is 2. The molecule has 0 unspecified atom stereocenters. The summed E-state index contributed by atoms with van der Waals surface area (Å²) < 4.78 is 0. The Morgan fingerprint density at radius 1 is 1.67 bits per heavy atom. The standard InChI is InChI=1S/C7H15N7O/c1-5(2)4-14(8)6(15)3-9-7-10-12-13-11-7/h5H,3-4,8H2,1-2H3,(H2,9,10,11,12,13). The minimum atomic E-state index is -0.214. The van der Waals surface area contributed by atoms with Crippen molar-refractivity contribution >= 4 is 11.9 Å². The summed E-state index contributed by atoms with van der Waals surface area (Å²) in [4.78, 5) is 11.4. The highest BCUT2D eigenvalue weighted by Crippen LogP contribution is 1.95. The molecule has 1 heterocycles.